The number of hydrogen-bond donors (Lipinski definition) is 1. The van der Waals surface area contributed by atoms with Gasteiger partial charge in [-0.25, -0.2) is 4.98 Å². The van der Waals surface area contributed by atoms with E-state index in [0.717, 1.165) is 22.2 Å². The molecular weight excluding hydrogens is 348 g/mol. The van der Waals surface area contributed by atoms with Crippen LogP contribution < -0.4 is 0 Å². The van der Waals surface area contributed by atoms with Crippen molar-refractivity contribution in [3.8, 4) is 0 Å². The second kappa shape index (κ2) is 7.61. The fraction of sp³-hybridized carbons (Fsp3) is 0.435. The van der Waals surface area contributed by atoms with Gasteiger partial charge in [-0.15, -0.1) is 0 Å². The van der Waals surface area contributed by atoms with E-state index in [-0.39, 0.29) is 0 Å². The van der Waals surface area contributed by atoms with Crippen LogP contribution in [0.4, 0.5) is 0 Å². The lowest BCUT2D eigenvalue weighted by Gasteiger charge is -2.44. The molecule has 1 aromatic carbocycles. The van der Waals surface area contributed by atoms with Crippen molar-refractivity contribution in [1.82, 2.24) is 9.22 Å². The van der Waals surface area contributed by atoms with Crippen molar-refractivity contribution >= 4 is 19.3 Å². The predicted octanol–water partition coefficient (Wildman–Crippen LogP) is 6.14. The van der Waals surface area contributed by atoms with Gasteiger partial charge in [0.2, 0.25) is 0 Å². The van der Waals surface area contributed by atoms with E-state index < -0.39 is 14.3 Å². The molecule has 0 amide bonds. The Bertz CT molecular complexity index is 877. The Morgan fingerprint density at radius 2 is 1.44 bits per heavy atom. The molecule has 2 aromatic heterocycles. The number of aromatic nitrogens is 2. The molecule has 1 unspecified atom stereocenters. The fourth-order valence-corrected chi connectivity index (χ4v) is 11.7. The average Bonchev–Trinajstić information content (AvgIpc) is 3.05. The number of rotatable bonds is 6. The summed E-state index contributed by atoms with van der Waals surface area (Å²) in [6.07, 6.45) is 3.44. The summed E-state index contributed by atoms with van der Waals surface area (Å²) in [5.41, 5.74) is 4.64. The van der Waals surface area contributed by atoms with Crippen LogP contribution in [0.1, 0.15) is 58.8 Å². The van der Waals surface area contributed by atoms with Gasteiger partial charge in [-0.05, 0) is 40.5 Å². The van der Waals surface area contributed by atoms with Gasteiger partial charge in [0.25, 0.3) is 0 Å². The first-order chi connectivity index (χ1) is 12.8. The third-order valence-electron chi connectivity index (χ3n) is 6.17. The second-order valence-electron chi connectivity index (χ2n) is 8.53. The van der Waals surface area contributed by atoms with Crippen LogP contribution in [0.15, 0.2) is 54.9 Å². The standard InChI is InChI=1S/C23H32N2OSi/c1-16(2)27(17(3)4,18(5)6)25-13-12-20-14-21(15-24-23(20)25)22(26)19-10-8-7-9-11-19/h7-18,22,26H,1-6H3. The van der Waals surface area contributed by atoms with Gasteiger partial charge in [0.1, 0.15) is 11.8 Å². The summed E-state index contributed by atoms with van der Waals surface area (Å²) in [6.45, 7) is 14.2. The Hall–Kier alpha value is -1.91. The Labute approximate surface area is 164 Å². The van der Waals surface area contributed by atoms with Crippen LogP contribution in [0.5, 0.6) is 0 Å². The number of fused-ring (bicyclic) bond motifs is 1. The molecule has 3 aromatic rings. The summed E-state index contributed by atoms with van der Waals surface area (Å²) in [7, 11) is -1.83. The first-order valence-corrected chi connectivity index (χ1v) is 12.2. The molecule has 0 spiro atoms. The minimum atomic E-state index is -1.83. The SMILES string of the molecule is CC(C)[Si](C(C)C)(C(C)C)n1ccc2cc(C(O)c3ccccc3)cnc21. The lowest BCUT2D eigenvalue weighted by Crippen LogP contribution is -2.51. The summed E-state index contributed by atoms with van der Waals surface area (Å²) < 4.78 is 2.51. The van der Waals surface area contributed by atoms with E-state index >= 15 is 0 Å². The topological polar surface area (TPSA) is 38.0 Å². The van der Waals surface area contributed by atoms with Crippen LogP contribution in [-0.2, 0) is 0 Å². The van der Waals surface area contributed by atoms with E-state index in [9.17, 15) is 5.11 Å². The monoisotopic (exact) mass is 380 g/mol. The van der Waals surface area contributed by atoms with Gasteiger partial charge < -0.3 is 9.34 Å². The third kappa shape index (κ3) is 3.25. The Balaban J connectivity index is 2.10. The molecule has 0 fully saturated rings. The van der Waals surface area contributed by atoms with E-state index in [1.54, 1.807) is 0 Å². The predicted molar refractivity (Wildman–Crippen MR) is 117 cm³/mol. The van der Waals surface area contributed by atoms with Crippen molar-refractivity contribution in [2.24, 2.45) is 0 Å². The van der Waals surface area contributed by atoms with Gasteiger partial charge in [-0.1, -0.05) is 71.9 Å². The highest BCUT2D eigenvalue weighted by molar-refractivity contribution is 6.82. The van der Waals surface area contributed by atoms with Crippen molar-refractivity contribution in [2.75, 3.05) is 0 Å². The zero-order valence-corrected chi connectivity index (χ0v) is 18.3. The number of hydrogen-bond acceptors (Lipinski definition) is 2. The van der Waals surface area contributed by atoms with Crippen molar-refractivity contribution in [2.45, 2.75) is 64.3 Å². The smallest absolute Gasteiger partial charge is 0.171 e. The minimum absolute atomic E-state index is 0.615. The quantitative estimate of drug-likeness (QED) is 0.521. The summed E-state index contributed by atoms with van der Waals surface area (Å²) in [5, 5.41) is 11.9. The maximum atomic E-state index is 10.7. The second-order valence-corrected chi connectivity index (χ2v) is 14.3. The maximum absolute atomic E-state index is 10.7. The number of benzene rings is 1. The van der Waals surface area contributed by atoms with Crippen molar-refractivity contribution in [3.63, 3.8) is 0 Å². The Morgan fingerprint density at radius 1 is 0.852 bits per heavy atom. The zero-order chi connectivity index (χ0) is 19.8. The average molecular weight is 381 g/mol. The molecule has 0 aliphatic heterocycles. The van der Waals surface area contributed by atoms with Gasteiger partial charge in [-0.3, -0.25) is 0 Å². The van der Waals surface area contributed by atoms with E-state index in [2.05, 4.69) is 64.1 Å². The molecule has 27 heavy (non-hydrogen) atoms. The van der Waals surface area contributed by atoms with Crippen molar-refractivity contribution in [1.29, 1.82) is 0 Å². The van der Waals surface area contributed by atoms with Gasteiger partial charge in [0.05, 0.1) is 0 Å². The molecule has 3 rings (SSSR count). The third-order valence-corrected chi connectivity index (χ3v) is 12.9. The van der Waals surface area contributed by atoms with E-state index in [4.69, 9.17) is 4.98 Å². The molecule has 0 aliphatic carbocycles. The Morgan fingerprint density at radius 3 is 2.00 bits per heavy atom. The minimum Gasteiger partial charge on any atom is -0.384 e. The molecule has 2 heterocycles. The molecule has 0 bridgehead atoms. The fourth-order valence-electron chi connectivity index (χ4n) is 5.17. The van der Waals surface area contributed by atoms with Gasteiger partial charge >= 0.3 is 0 Å². The largest absolute Gasteiger partial charge is 0.384 e. The van der Waals surface area contributed by atoms with Gasteiger partial charge in [0.15, 0.2) is 8.24 Å². The van der Waals surface area contributed by atoms with E-state index in [1.807, 2.05) is 36.5 Å². The molecule has 3 nitrogen and oxygen atoms in total. The summed E-state index contributed by atoms with van der Waals surface area (Å²) in [5.74, 6) is 0. The molecule has 0 saturated heterocycles. The van der Waals surface area contributed by atoms with Crippen LogP contribution in [-0.4, -0.2) is 22.6 Å². The Kier molecular flexibility index (Phi) is 5.59. The lowest BCUT2D eigenvalue weighted by atomic mass is 10.0. The van der Waals surface area contributed by atoms with Crippen LogP contribution in [0.2, 0.25) is 16.6 Å². The highest BCUT2D eigenvalue weighted by atomic mass is 28.3. The molecular formula is C23H32N2OSi. The number of nitrogens with zero attached hydrogens (tertiary/aromatic N) is 2. The normalized spacial score (nSPS) is 13.9. The van der Waals surface area contributed by atoms with Crippen LogP contribution in [0, 0.1) is 0 Å². The van der Waals surface area contributed by atoms with Crippen molar-refractivity contribution < 1.29 is 5.11 Å². The first kappa shape index (κ1) is 19.8. The first-order valence-electron chi connectivity index (χ1n) is 10.0. The lowest BCUT2D eigenvalue weighted by molar-refractivity contribution is 0.220. The number of pyridine rings is 1. The van der Waals surface area contributed by atoms with Gasteiger partial charge in [0, 0.05) is 17.1 Å². The number of aliphatic hydroxyl groups excluding tert-OH is 1. The molecule has 0 saturated carbocycles. The highest BCUT2D eigenvalue weighted by Crippen LogP contribution is 2.44. The van der Waals surface area contributed by atoms with Crippen molar-refractivity contribution in [3.05, 3.63) is 66.0 Å². The van der Waals surface area contributed by atoms with Crippen LogP contribution >= 0.6 is 0 Å². The summed E-state index contributed by atoms with van der Waals surface area (Å²) >= 11 is 0. The number of aliphatic hydroxyl groups is 1. The molecule has 4 heteroatoms. The van der Waals surface area contributed by atoms with Crippen LogP contribution in [0.25, 0.3) is 11.0 Å². The maximum Gasteiger partial charge on any atom is 0.171 e. The zero-order valence-electron chi connectivity index (χ0n) is 17.3. The van der Waals surface area contributed by atoms with Crippen LogP contribution in [0.3, 0.4) is 0 Å². The molecule has 144 valence electrons. The van der Waals surface area contributed by atoms with E-state index in [1.165, 1.54) is 0 Å². The molecule has 1 N–H and O–H groups in total. The van der Waals surface area contributed by atoms with Gasteiger partial charge in [-0.2, -0.15) is 0 Å². The van der Waals surface area contributed by atoms with E-state index in [0.29, 0.717) is 16.6 Å². The molecule has 0 radical (unpaired) electrons. The summed E-state index contributed by atoms with van der Waals surface area (Å²) in [6, 6.07) is 14.0. The molecule has 0 aliphatic rings. The highest BCUT2D eigenvalue weighted by Gasteiger charge is 2.45. The molecule has 1 atom stereocenters. The summed E-state index contributed by atoms with van der Waals surface area (Å²) in [4.78, 5) is 4.84.